The number of carbonyl (C=O) groups excluding carboxylic acids is 2. The molecule has 2 amide bonds. The molecular formula is C17H19F3N2O3. The van der Waals surface area contributed by atoms with Gasteiger partial charge in [-0.1, -0.05) is 12.1 Å². The van der Waals surface area contributed by atoms with Gasteiger partial charge in [0, 0.05) is 12.2 Å². The van der Waals surface area contributed by atoms with E-state index in [1.165, 1.54) is 17.0 Å². The van der Waals surface area contributed by atoms with Crippen molar-refractivity contribution < 1.29 is 27.5 Å². The lowest BCUT2D eigenvalue weighted by atomic mass is 9.93. The normalized spacial score (nSPS) is 18.2. The molecule has 0 radical (unpaired) electrons. The Morgan fingerprint density at radius 2 is 2.00 bits per heavy atom. The third kappa shape index (κ3) is 3.78. The summed E-state index contributed by atoms with van der Waals surface area (Å²) < 4.78 is 44.0. The van der Waals surface area contributed by atoms with Crippen LogP contribution in [-0.2, 0) is 15.7 Å². The van der Waals surface area contributed by atoms with Crippen molar-refractivity contribution in [2.24, 2.45) is 0 Å². The summed E-state index contributed by atoms with van der Waals surface area (Å²) in [6.07, 6.45) is -4.52. The lowest BCUT2D eigenvalue weighted by molar-refractivity contribution is -0.139. The number of allylic oxidation sites excluding steroid dienone is 1. The Labute approximate surface area is 143 Å². The van der Waals surface area contributed by atoms with Gasteiger partial charge in [-0.05, 0) is 38.5 Å². The van der Waals surface area contributed by atoms with Crippen molar-refractivity contribution in [1.82, 2.24) is 10.2 Å². The number of ether oxygens (including phenoxy) is 1. The summed E-state index contributed by atoms with van der Waals surface area (Å²) in [5.74, 6) is -0.666. The number of carbonyl (C=O) groups is 2. The molecule has 0 saturated heterocycles. The van der Waals surface area contributed by atoms with E-state index in [0.29, 0.717) is 12.2 Å². The Hall–Kier alpha value is -2.51. The van der Waals surface area contributed by atoms with Crippen LogP contribution in [0.4, 0.5) is 18.0 Å². The second-order valence-electron chi connectivity index (χ2n) is 5.47. The lowest BCUT2D eigenvalue weighted by Gasteiger charge is -2.35. The number of hydrogen-bond acceptors (Lipinski definition) is 3. The van der Waals surface area contributed by atoms with Gasteiger partial charge in [-0.15, -0.1) is 0 Å². The van der Waals surface area contributed by atoms with Gasteiger partial charge in [0.25, 0.3) is 0 Å². The van der Waals surface area contributed by atoms with Crippen LogP contribution in [0.5, 0.6) is 0 Å². The van der Waals surface area contributed by atoms with Crippen LogP contribution in [0.2, 0.25) is 0 Å². The van der Waals surface area contributed by atoms with Crippen molar-refractivity contribution in [3.63, 3.8) is 0 Å². The molecule has 136 valence electrons. The molecule has 0 bridgehead atoms. The van der Waals surface area contributed by atoms with Gasteiger partial charge in [0.15, 0.2) is 0 Å². The van der Waals surface area contributed by atoms with E-state index in [-0.39, 0.29) is 17.7 Å². The minimum absolute atomic E-state index is 0.116. The first kappa shape index (κ1) is 18.8. The summed E-state index contributed by atoms with van der Waals surface area (Å²) in [6.45, 7) is 5.37. The summed E-state index contributed by atoms with van der Waals surface area (Å²) >= 11 is 0. The van der Waals surface area contributed by atoms with Gasteiger partial charge < -0.3 is 10.1 Å². The maximum Gasteiger partial charge on any atom is 0.416 e. The number of benzene rings is 1. The van der Waals surface area contributed by atoms with Crippen LogP contribution in [0.3, 0.4) is 0 Å². The average Bonchev–Trinajstić information content (AvgIpc) is 2.54. The fourth-order valence-corrected chi connectivity index (χ4v) is 2.78. The van der Waals surface area contributed by atoms with Gasteiger partial charge in [0.05, 0.1) is 23.8 Å². The molecule has 1 atom stereocenters. The van der Waals surface area contributed by atoms with Crippen LogP contribution in [0.1, 0.15) is 37.9 Å². The monoisotopic (exact) mass is 356 g/mol. The van der Waals surface area contributed by atoms with Crippen molar-refractivity contribution in [1.29, 1.82) is 0 Å². The molecule has 0 saturated carbocycles. The molecule has 1 aliphatic rings. The Kier molecular flexibility index (Phi) is 5.39. The maximum atomic E-state index is 13.0. The highest BCUT2D eigenvalue weighted by atomic mass is 19.4. The van der Waals surface area contributed by atoms with Gasteiger partial charge >= 0.3 is 18.2 Å². The topological polar surface area (TPSA) is 58.6 Å². The van der Waals surface area contributed by atoms with Crippen LogP contribution in [0, 0.1) is 0 Å². The zero-order chi connectivity index (χ0) is 18.8. The molecule has 0 aliphatic carbocycles. The molecule has 0 fully saturated rings. The van der Waals surface area contributed by atoms with E-state index in [1.54, 1.807) is 20.8 Å². The molecule has 1 aromatic rings. The fraction of sp³-hybridized carbons (Fsp3) is 0.412. The largest absolute Gasteiger partial charge is 0.463 e. The molecule has 0 aromatic heterocycles. The molecule has 1 heterocycles. The van der Waals surface area contributed by atoms with Crippen LogP contribution >= 0.6 is 0 Å². The first-order valence-electron chi connectivity index (χ1n) is 7.83. The molecule has 5 nitrogen and oxygen atoms in total. The molecule has 1 aromatic carbocycles. The van der Waals surface area contributed by atoms with Crippen LogP contribution in [0.25, 0.3) is 0 Å². The van der Waals surface area contributed by atoms with E-state index in [4.69, 9.17) is 4.74 Å². The number of urea groups is 1. The highest BCUT2D eigenvalue weighted by molar-refractivity contribution is 5.95. The Bertz CT molecular complexity index is 713. The highest BCUT2D eigenvalue weighted by Gasteiger charge is 2.37. The lowest BCUT2D eigenvalue weighted by Crippen LogP contribution is -2.47. The molecule has 2 rings (SSSR count). The van der Waals surface area contributed by atoms with Gasteiger partial charge in [-0.25, -0.2) is 9.59 Å². The number of alkyl halides is 3. The average molecular weight is 356 g/mol. The van der Waals surface area contributed by atoms with Crippen molar-refractivity contribution in [2.45, 2.75) is 33.0 Å². The summed E-state index contributed by atoms with van der Waals surface area (Å²) in [5.41, 5.74) is -0.186. The zero-order valence-electron chi connectivity index (χ0n) is 14.1. The third-order valence-corrected chi connectivity index (χ3v) is 3.96. The summed E-state index contributed by atoms with van der Waals surface area (Å²) in [7, 11) is 0. The van der Waals surface area contributed by atoms with Gasteiger partial charge in [0.2, 0.25) is 0 Å². The van der Waals surface area contributed by atoms with Gasteiger partial charge in [0.1, 0.15) is 0 Å². The first-order chi connectivity index (χ1) is 11.7. The van der Waals surface area contributed by atoms with Crippen LogP contribution < -0.4 is 5.32 Å². The molecule has 25 heavy (non-hydrogen) atoms. The standard InChI is InChI=1S/C17H19F3N2O3/c1-4-22-10(3)13(15(23)25-5-2)14(21-16(22)24)11-7-6-8-12(9-11)17(18,19)20/h6-9,14H,4-5H2,1-3H3,(H,21,24)/t14-/m1/s1. The quantitative estimate of drug-likeness (QED) is 0.838. The number of amides is 2. The number of rotatable bonds is 4. The van der Waals surface area contributed by atoms with E-state index in [9.17, 15) is 22.8 Å². The minimum Gasteiger partial charge on any atom is -0.463 e. The second-order valence-corrected chi connectivity index (χ2v) is 5.47. The van der Waals surface area contributed by atoms with E-state index >= 15 is 0 Å². The van der Waals surface area contributed by atoms with Crippen molar-refractivity contribution in [3.8, 4) is 0 Å². The Morgan fingerprint density at radius 3 is 2.56 bits per heavy atom. The Balaban J connectivity index is 2.56. The van der Waals surface area contributed by atoms with E-state index < -0.39 is 29.8 Å². The molecule has 0 spiro atoms. The summed E-state index contributed by atoms with van der Waals surface area (Å²) in [4.78, 5) is 25.9. The highest BCUT2D eigenvalue weighted by Crippen LogP contribution is 2.35. The number of nitrogens with one attached hydrogen (secondary N) is 1. The van der Waals surface area contributed by atoms with Crippen molar-refractivity contribution in [3.05, 3.63) is 46.7 Å². The number of nitrogens with zero attached hydrogens (tertiary/aromatic N) is 1. The van der Waals surface area contributed by atoms with Crippen molar-refractivity contribution in [2.75, 3.05) is 13.2 Å². The SMILES string of the molecule is CCOC(=O)C1=C(C)N(CC)C(=O)N[C@@H]1c1cccc(C(F)(F)F)c1. The second kappa shape index (κ2) is 7.16. The summed E-state index contributed by atoms with van der Waals surface area (Å²) in [6, 6.07) is 3.07. The molecule has 1 aliphatic heterocycles. The fourth-order valence-electron chi connectivity index (χ4n) is 2.78. The number of esters is 1. The third-order valence-electron chi connectivity index (χ3n) is 3.96. The predicted octanol–water partition coefficient (Wildman–Crippen LogP) is 3.63. The van der Waals surface area contributed by atoms with Crippen LogP contribution in [-0.4, -0.2) is 30.1 Å². The zero-order valence-corrected chi connectivity index (χ0v) is 14.1. The molecular weight excluding hydrogens is 337 g/mol. The first-order valence-corrected chi connectivity index (χ1v) is 7.83. The predicted molar refractivity (Wildman–Crippen MR) is 84.4 cm³/mol. The van der Waals surface area contributed by atoms with Crippen molar-refractivity contribution >= 4 is 12.0 Å². The Morgan fingerprint density at radius 1 is 1.32 bits per heavy atom. The van der Waals surface area contributed by atoms with Gasteiger partial charge in [-0.3, -0.25) is 4.90 Å². The van der Waals surface area contributed by atoms with E-state index in [1.807, 2.05) is 0 Å². The minimum atomic E-state index is -4.52. The smallest absolute Gasteiger partial charge is 0.416 e. The molecule has 0 unspecified atom stereocenters. The maximum absolute atomic E-state index is 13.0. The van der Waals surface area contributed by atoms with E-state index in [2.05, 4.69) is 5.32 Å². The summed E-state index contributed by atoms with van der Waals surface area (Å²) in [5, 5.41) is 2.59. The number of halogens is 3. The number of hydrogen-bond donors (Lipinski definition) is 1. The van der Waals surface area contributed by atoms with Crippen LogP contribution in [0.15, 0.2) is 35.5 Å². The molecule has 8 heteroatoms. The van der Waals surface area contributed by atoms with Gasteiger partial charge in [-0.2, -0.15) is 13.2 Å². The molecule has 1 N–H and O–H groups in total. The van der Waals surface area contributed by atoms with E-state index in [0.717, 1.165) is 12.1 Å².